The van der Waals surface area contributed by atoms with Crippen LogP contribution in [0.4, 0.5) is 11.5 Å². The minimum absolute atomic E-state index is 0.112. The van der Waals surface area contributed by atoms with Crippen molar-refractivity contribution in [1.29, 1.82) is 0 Å². The van der Waals surface area contributed by atoms with Gasteiger partial charge in [-0.3, -0.25) is 15.1 Å². The van der Waals surface area contributed by atoms with Crippen LogP contribution < -0.4 is 10.1 Å². The fourth-order valence-electron chi connectivity index (χ4n) is 1.57. The quantitative estimate of drug-likeness (QED) is 0.681. The smallest absolute Gasteiger partial charge is 0.373 e. The van der Waals surface area contributed by atoms with Gasteiger partial charge < -0.3 is 10.1 Å². The number of nitrogens with zero attached hydrogens (tertiary/aromatic N) is 4. The maximum Gasteiger partial charge on any atom is 0.373 e. The summed E-state index contributed by atoms with van der Waals surface area (Å²) in [6.07, 6.45) is 4.24. The number of hydrogen-bond donors (Lipinski definition) is 1. The maximum absolute atomic E-state index is 11.3. The van der Waals surface area contributed by atoms with Crippen molar-refractivity contribution in [3.8, 4) is 11.6 Å². The van der Waals surface area contributed by atoms with E-state index in [9.17, 15) is 10.1 Å². The lowest BCUT2D eigenvalue weighted by molar-refractivity contribution is -0.385. The van der Waals surface area contributed by atoms with Crippen LogP contribution in [0.1, 0.15) is 20.8 Å². The van der Waals surface area contributed by atoms with Gasteiger partial charge in [-0.1, -0.05) is 0 Å². The highest BCUT2D eigenvalue weighted by molar-refractivity contribution is 5.62. The van der Waals surface area contributed by atoms with Gasteiger partial charge in [0.05, 0.1) is 11.1 Å². The molecule has 0 aliphatic carbocycles. The molecule has 2 aromatic rings. The van der Waals surface area contributed by atoms with Crippen molar-refractivity contribution in [2.24, 2.45) is 0 Å². The third kappa shape index (κ3) is 3.85. The molecule has 0 bridgehead atoms. The molecular weight excluding hydrogens is 274 g/mol. The van der Waals surface area contributed by atoms with Crippen LogP contribution in [0.15, 0.2) is 30.9 Å². The molecule has 0 saturated carbocycles. The molecule has 0 aromatic carbocycles. The Morgan fingerprint density at radius 1 is 1.33 bits per heavy atom. The van der Waals surface area contributed by atoms with Crippen molar-refractivity contribution in [1.82, 2.24) is 15.0 Å². The zero-order valence-electron chi connectivity index (χ0n) is 11.9. The van der Waals surface area contributed by atoms with Crippen LogP contribution >= 0.6 is 0 Å². The molecule has 110 valence electrons. The number of ether oxygens (including phenoxy) is 1. The third-order valence-electron chi connectivity index (χ3n) is 2.31. The van der Waals surface area contributed by atoms with E-state index in [4.69, 9.17) is 4.74 Å². The summed E-state index contributed by atoms with van der Waals surface area (Å²) in [5.74, 6) is 0.345. The molecule has 2 rings (SSSR count). The Morgan fingerprint density at radius 3 is 2.67 bits per heavy atom. The van der Waals surface area contributed by atoms with E-state index in [1.807, 2.05) is 20.8 Å². The SMILES string of the molecule is CC(C)(C)Nc1ncnc(Oc2cccnc2)c1[N+](=O)[O-]. The van der Waals surface area contributed by atoms with Crippen molar-refractivity contribution in [2.45, 2.75) is 26.3 Å². The molecule has 0 saturated heterocycles. The predicted molar refractivity (Wildman–Crippen MR) is 76.4 cm³/mol. The second-order valence-corrected chi connectivity index (χ2v) is 5.30. The molecule has 2 heterocycles. The molecule has 8 heteroatoms. The zero-order chi connectivity index (χ0) is 15.5. The zero-order valence-corrected chi connectivity index (χ0v) is 11.9. The van der Waals surface area contributed by atoms with E-state index in [1.54, 1.807) is 18.3 Å². The molecule has 0 amide bonds. The first-order chi connectivity index (χ1) is 9.87. The summed E-state index contributed by atoms with van der Waals surface area (Å²) in [6.45, 7) is 5.63. The average Bonchev–Trinajstić information content (AvgIpc) is 2.37. The maximum atomic E-state index is 11.3. The second kappa shape index (κ2) is 5.70. The number of hydrogen-bond acceptors (Lipinski definition) is 7. The van der Waals surface area contributed by atoms with Gasteiger partial charge in [0.15, 0.2) is 0 Å². The van der Waals surface area contributed by atoms with Gasteiger partial charge in [0.2, 0.25) is 5.82 Å². The summed E-state index contributed by atoms with van der Waals surface area (Å²) >= 11 is 0. The van der Waals surface area contributed by atoms with Gasteiger partial charge in [0.1, 0.15) is 12.1 Å². The van der Waals surface area contributed by atoms with Gasteiger partial charge in [-0.2, -0.15) is 4.98 Å². The fraction of sp³-hybridized carbons (Fsp3) is 0.308. The Labute approximate surface area is 121 Å². The summed E-state index contributed by atoms with van der Waals surface area (Å²) < 4.78 is 5.43. The lowest BCUT2D eigenvalue weighted by Crippen LogP contribution is -2.27. The standard InChI is InChI=1S/C13H15N5O3/c1-13(2,3)17-11-10(18(19)20)12(16-8-15-11)21-9-5-4-6-14-7-9/h4-8H,1-3H3,(H,15,16,17). The van der Waals surface area contributed by atoms with E-state index in [0.29, 0.717) is 5.75 Å². The normalized spacial score (nSPS) is 11.0. The Balaban J connectivity index is 2.41. The van der Waals surface area contributed by atoms with Gasteiger partial charge >= 0.3 is 11.6 Å². The third-order valence-corrected chi connectivity index (χ3v) is 2.31. The average molecular weight is 289 g/mol. The van der Waals surface area contributed by atoms with Crippen LogP contribution in [0.25, 0.3) is 0 Å². The van der Waals surface area contributed by atoms with Crippen LogP contribution in [0.5, 0.6) is 11.6 Å². The van der Waals surface area contributed by atoms with Crippen molar-refractivity contribution in [3.63, 3.8) is 0 Å². The molecule has 1 N–H and O–H groups in total. The Kier molecular flexibility index (Phi) is 3.97. The highest BCUT2D eigenvalue weighted by Gasteiger charge is 2.27. The second-order valence-electron chi connectivity index (χ2n) is 5.30. The van der Waals surface area contributed by atoms with Crippen LogP contribution in [0.2, 0.25) is 0 Å². The Bertz CT molecular complexity index is 640. The van der Waals surface area contributed by atoms with Crippen LogP contribution in [0.3, 0.4) is 0 Å². The minimum Gasteiger partial charge on any atom is -0.432 e. The van der Waals surface area contributed by atoms with Crippen molar-refractivity contribution >= 4 is 11.5 Å². The Morgan fingerprint density at radius 2 is 2.10 bits per heavy atom. The number of nitrogens with one attached hydrogen (secondary N) is 1. The van der Waals surface area contributed by atoms with Gasteiger partial charge in [-0.15, -0.1) is 0 Å². The van der Waals surface area contributed by atoms with E-state index in [2.05, 4.69) is 20.3 Å². The predicted octanol–water partition coefficient (Wildman–Crippen LogP) is 2.78. The molecule has 0 atom stereocenters. The van der Waals surface area contributed by atoms with Crippen LogP contribution in [-0.4, -0.2) is 25.4 Å². The van der Waals surface area contributed by atoms with Crippen molar-refractivity contribution < 1.29 is 9.66 Å². The monoisotopic (exact) mass is 289 g/mol. The number of anilines is 1. The fourth-order valence-corrected chi connectivity index (χ4v) is 1.57. The van der Waals surface area contributed by atoms with Crippen LogP contribution in [-0.2, 0) is 0 Å². The molecule has 0 spiro atoms. The summed E-state index contributed by atoms with van der Waals surface area (Å²) in [5, 5.41) is 14.3. The van der Waals surface area contributed by atoms with E-state index in [-0.39, 0.29) is 22.9 Å². The first-order valence-electron chi connectivity index (χ1n) is 6.22. The molecular formula is C13H15N5O3. The van der Waals surface area contributed by atoms with E-state index in [0.717, 1.165) is 0 Å². The molecule has 0 radical (unpaired) electrons. The molecule has 0 aliphatic rings. The Hall–Kier alpha value is -2.77. The molecule has 0 aliphatic heterocycles. The van der Waals surface area contributed by atoms with Gasteiger partial charge in [-0.25, -0.2) is 4.98 Å². The lowest BCUT2D eigenvalue weighted by atomic mass is 10.1. The van der Waals surface area contributed by atoms with E-state index >= 15 is 0 Å². The first-order valence-corrected chi connectivity index (χ1v) is 6.22. The minimum atomic E-state index is -0.570. The van der Waals surface area contributed by atoms with Gasteiger partial charge in [0.25, 0.3) is 0 Å². The number of pyridine rings is 1. The number of aromatic nitrogens is 3. The van der Waals surface area contributed by atoms with Crippen molar-refractivity contribution in [2.75, 3.05) is 5.32 Å². The van der Waals surface area contributed by atoms with Gasteiger partial charge in [0, 0.05) is 11.7 Å². The molecule has 21 heavy (non-hydrogen) atoms. The topological polar surface area (TPSA) is 103 Å². The van der Waals surface area contributed by atoms with E-state index < -0.39 is 4.92 Å². The van der Waals surface area contributed by atoms with Crippen LogP contribution in [0, 0.1) is 10.1 Å². The first kappa shape index (κ1) is 14.6. The van der Waals surface area contributed by atoms with E-state index in [1.165, 1.54) is 12.5 Å². The highest BCUT2D eigenvalue weighted by Crippen LogP contribution is 2.34. The summed E-state index contributed by atoms with van der Waals surface area (Å²) in [4.78, 5) is 22.4. The summed E-state index contributed by atoms with van der Waals surface area (Å²) in [7, 11) is 0. The number of nitro groups is 1. The lowest BCUT2D eigenvalue weighted by Gasteiger charge is -2.21. The molecule has 8 nitrogen and oxygen atoms in total. The summed E-state index contributed by atoms with van der Waals surface area (Å²) in [6, 6.07) is 3.30. The van der Waals surface area contributed by atoms with Crippen molar-refractivity contribution in [3.05, 3.63) is 41.0 Å². The molecule has 0 fully saturated rings. The molecule has 2 aromatic heterocycles. The largest absolute Gasteiger partial charge is 0.432 e. The van der Waals surface area contributed by atoms with Gasteiger partial charge in [-0.05, 0) is 32.9 Å². The summed E-state index contributed by atoms with van der Waals surface area (Å²) in [5.41, 5.74) is -0.693. The highest BCUT2D eigenvalue weighted by atomic mass is 16.6. The number of rotatable bonds is 4. The molecule has 0 unspecified atom stereocenters.